The number of nitrogens with two attached hydrogens (primary N) is 1. The van der Waals surface area contributed by atoms with Crippen LogP contribution in [0.1, 0.15) is 39.2 Å². The molecule has 3 atom stereocenters. The lowest BCUT2D eigenvalue weighted by molar-refractivity contribution is 0.200. The third-order valence-electron chi connectivity index (χ3n) is 4.59. The lowest BCUT2D eigenvalue weighted by Crippen LogP contribution is -2.24. The van der Waals surface area contributed by atoms with Crippen molar-refractivity contribution in [2.75, 3.05) is 5.73 Å². The molecule has 2 N–H and O–H groups in total. The maximum atomic E-state index is 5.93. The van der Waals surface area contributed by atoms with E-state index in [1.54, 1.807) is 0 Å². The Morgan fingerprint density at radius 1 is 1.19 bits per heavy atom. The average Bonchev–Trinajstić information content (AvgIpc) is 2.90. The van der Waals surface area contributed by atoms with E-state index in [-0.39, 0.29) is 0 Å². The largest absolute Gasteiger partial charge is 0.399 e. The van der Waals surface area contributed by atoms with Gasteiger partial charge in [0, 0.05) is 15.7 Å². The molecule has 0 saturated heterocycles. The highest BCUT2D eigenvalue weighted by molar-refractivity contribution is 9.10. The minimum Gasteiger partial charge on any atom is -0.399 e. The van der Waals surface area contributed by atoms with Crippen molar-refractivity contribution >= 4 is 21.6 Å². The predicted molar refractivity (Wildman–Crippen MR) is 86.6 cm³/mol. The second-order valence-electron chi connectivity index (χ2n) is 6.14. The molecule has 2 aromatic rings. The van der Waals surface area contributed by atoms with E-state index in [0.29, 0.717) is 17.6 Å². The SMILES string of the molecule is CC1CCC(n2nnnc2-c2cc(N)cc(Br)c2)CC1C. The summed E-state index contributed by atoms with van der Waals surface area (Å²) in [6.07, 6.45) is 3.49. The zero-order chi connectivity index (χ0) is 15.0. The molecule has 21 heavy (non-hydrogen) atoms. The zero-order valence-electron chi connectivity index (χ0n) is 12.3. The number of hydrogen-bond acceptors (Lipinski definition) is 4. The lowest BCUT2D eigenvalue weighted by Gasteiger charge is -2.32. The number of benzene rings is 1. The average molecular weight is 350 g/mol. The fourth-order valence-corrected chi connectivity index (χ4v) is 3.62. The first-order chi connectivity index (χ1) is 10.0. The van der Waals surface area contributed by atoms with Crippen LogP contribution in [0.2, 0.25) is 0 Å². The van der Waals surface area contributed by atoms with E-state index >= 15 is 0 Å². The molecule has 5 nitrogen and oxygen atoms in total. The Balaban J connectivity index is 1.94. The number of hydrogen-bond donors (Lipinski definition) is 1. The summed E-state index contributed by atoms with van der Waals surface area (Å²) in [4.78, 5) is 0. The summed E-state index contributed by atoms with van der Waals surface area (Å²) in [5.74, 6) is 2.28. The molecule has 3 unspecified atom stereocenters. The highest BCUT2D eigenvalue weighted by Crippen LogP contribution is 2.37. The Labute approximate surface area is 133 Å². The van der Waals surface area contributed by atoms with Crippen molar-refractivity contribution in [1.29, 1.82) is 0 Å². The van der Waals surface area contributed by atoms with Gasteiger partial charge >= 0.3 is 0 Å². The van der Waals surface area contributed by atoms with Crippen molar-refractivity contribution in [1.82, 2.24) is 20.2 Å². The summed E-state index contributed by atoms with van der Waals surface area (Å²) in [7, 11) is 0. The van der Waals surface area contributed by atoms with Crippen LogP contribution in [0.3, 0.4) is 0 Å². The van der Waals surface area contributed by atoms with E-state index < -0.39 is 0 Å². The Kier molecular flexibility index (Phi) is 3.97. The van der Waals surface area contributed by atoms with Gasteiger partial charge < -0.3 is 5.73 Å². The lowest BCUT2D eigenvalue weighted by atomic mass is 9.79. The van der Waals surface area contributed by atoms with Crippen molar-refractivity contribution in [3.63, 3.8) is 0 Å². The summed E-state index contributed by atoms with van der Waals surface area (Å²) in [6, 6.07) is 6.18. The molecule has 1 aliphatic carbocycles. The van der Waals surface area contributed by atoms with Gasteiger partial charge in [-0.1, -0.05) is 29.8 Å². The van der Waals surface area contributed by atoms with Gasteiger partial charge in [0.15, 0.2) is 5.82 Å². The molecule has 6 heteroatoms. The molecule has 1 aromatic carbocycles. The Morgan fingerprint density at radius 2 is 2.00 bits per heavy atom. The van der Waals surface area contributed by atoms with Gasteiger partial charge in [0.05, 0.1) is 6.04 Å². The molecule has 0 bridgehead atoms. The first kappa shape index (κ1) is 14.5. The number of aromatic nitrogens is 4. The van der Waals surface area contributed by atoms with E-state index in [1.807, 2.05) is 22.9 Å². The van der Waals surface area contributed by atoms with Gasteiger partial charge in [-0.2, -0.15) is 0 Å². The van der Waals surface area contributed by atoms with Gasteiger partial charge in [0.2, 0.25) is 0 Å². The number of nitrogen functional groups attached to an aromatic ring is 1. The predicted octanol–water partition coefficient (Wildman–Crippen LogP) is 3.68. The Morgan fingerprint density at radius 3 is 2.71 bits per heavy atom. The number of rotatable bonds is 2. The van der Waals surface area contributed by atoms with E-state index in [0.717, 1.165) is 34.6 Å². The van der Waals surface area contributed by atoms with Crippen molar-refractivity contribution in [2.24, 2.45) is 11.8 Å². The highest BCUT2D eigenvalue weighted by Gasteiger charge is 2.28. The maximum Gasteiger partial charge on any atom is 0.182 e. The van der Waals surface area contributed by atoms with E-state index in [2.05, 4.69) is 45.3 Å². The van der Waals surface area contributed by atoms with E-state index in [4.69, 9.17) is 5.73 Å². The number of anilines is 1. The number of nitrogens with zero attached hydrogens (tertiary/aromatic N) is 4. The second kappa shape index (κ2) is 5.75. The first-order valence-corrected chi connectivity index (χ1v) is 8.18. The molecule has 0 spiro atoms. The summed E-state index contributed by atoms with van der Waals surface area (Å²) in [6.45, 7) is 4.65. The van der Waals surface area contributed by atoms with E-state index in [1.165, 1.54) is 6.42 Å². The van der Waals surface area contributed by atoms with Crippen molar-refractivity contribution in [2.45, 2.75) is 39.2 Å². The Bertz CT molecular complexity index is 618. The van der Waals surface area contributed by atoms with Crippen LogP contribution < -0.4 is 5.73 Å². The van der Waals surface area contributed by atoms with Gasteiger partial charge in [-0.05, 0) is 59.7 Å². The number of tetrazole rings is 1. The van der Waals surface area contributed by atoms with Crippen LogP contribution in [-0.2, 0) is 0 Å². The fourth-order valence-electron chi connectivity index (χ4n) is 3.11. The zero-order valence-corrected chi connectivity index (χ0v) is 13.9. The molecule has 112 valence electrons. The monoisotopic (exact) mass is 349 g/mol. The molecular formula is C15H20BrN5. The molecule has 3 rings (SSSR count). The van der Waals surface area contributed by atoms with Gasteiger partial charge in [-0.25, -0.2) is 4.68 Å². The number of halogens is 1. The maximum absolute atomic E-state index is 5.93. The van der Waals surface area contributed by atoms with Crippen LogP contribution in [0, 0.1) is 11.8 Å². The van der Waals surface area contributed by atoms with Gasteiger partial charge in [0.25, 0.3) is 0 Å². The summed E-state index contributed by atoms with van der Waals surface area (Å²) in [5, 5.41) is 12.3. The van der Waals surface area contributed by atoms with Crippen LogP contribution in [0.25, 0.3) is 11.4 Å². The van der Waals surface area contributed by atoms with Gasteiger partial charge in [-0.15, -0.1) is 5.10 Å². The summed E-state index contributed by atoms with van der Waals surface area (Å²) in [5.41, 5.74) is 7.59. The molecule has 1 aromatic heterocycles. The molecule has 1 heterocycles. The molecule has 0 amide bonds. The van der Waals surface area contributed by atoms with Crippen LogP contribution in [0.15, 0.2) is 22.7 Å². The van der Waals surface area contributed by atoms with Gasteiger partial charge in [-0.3, -0.25) is 0 Å². The van der Waals surface area contributed by atoms with Crippen LogP contribution in [-0.4, -0.2) is 20.2 Å². The molecule has 0 radical (unpaired) electrons. The normalized spacial score (nSPS) is 26.0. The molecule has 1 aliphatic rings. The Hall–Kier alpha value is -1.43. The standard InChI is InChI=1S/C15H20BrN5/c1-9-3-4-14(5-10(9)2)21-15(18-19-20-21)11-6-12(16)8-13(17)7-11/h6-10,14H,3-5,17H2,1-2H3. The molecule has 1 saturated carbocycles. The topological polar surface area (TPSA) is 69.6 Å². The van der Waals surface area contributed by atoms with Gasteiger partial charge in [0.1, 0.15) is 0 Å². The fraction of sp³-hybridized carbons (Fsp3) is 0.533. The molecule has 1 fully saturated rings. The third kappa shape index (κ3) is 2.95. The smallest absolute Gasteiger partial charge is 0.182 e. The third-order valence-corrected chi connectivity index (χ3v) is 5.05. The summed E-state index contributed by atoms with van der Waals surface area (Å²) < 4.78 is 2.92. The van der Waals surface area contributed by atoms with Crippen molar-refractivity contribution in [3.8, 4) is 11.4 Å². The molecule has 0 aliphatic heterocycles. The minimum atomic E-state index is 0.376. The second-order valence-corrected chi connectivity index (χ2v) is 7.06. The van der Waals surface area contributed by atoms with Crippen LogP contribution in [0.5, 0.6) is 0 Å². The van der Waals surface area contributed by atoms with Crippen molar-refractivity contribution in [3.05, 3.63) is 22.7 Å². The quantitative estimate of drug-likeness (QED) is 0.839. The minimum absolute atomic E-state index is 0.376. The van der Waals surface area contributed by atoms with Crippen molar-refractivity contribution < 1.29 is 0 Å². The first-order valence-electron chi connectivity index (χ1n) is 7.39. The van der Waals surface area contributed by atoms with Crippen LogP contribution in [0.4, 0.5) is 5.69 Å². The molecular weight excluding hydrogens is 330 g/mol. The van der Waals surface area contributed by atoms with E-state index in [9.17, 15) is 0 Å². The summed E-state index contributed by atoms with van der Waals surface area (Å²) >= 11 is 3.48. The van der Waals surface area contributed by atoms with Crippen LogP contribution >= 0.6 is 15.9 Å². The highest BCUT2D eigenvalue weighted by atomic mass is 79.9.